The molecule has 6 heteroatoms. The quantitative estimate of drug-likeness (QED) is 0.515. The average molecular weight is 329 g/mol. The van der Waals surface area contributed by atoms with E-state index in [0.717, 1.165) is 27.3 Å². The van der Waals surface area contributed by atoms with Crippen molar-refractivity contribution < 1.29 is 14.3 Å². The van der Waals surface area contributed by atoms with Crippen molar-refractivity contribution >= 4 is 27.5 Å². The first-order valence-corrected chi connectivity index (χ1v) is 7.97. The fourth-order valence-corrected chi connectivity index (χ4v) is 3.06. The van der Waals surface area contributed by atoms with Gasteiger partial charge in [-0.1, -0.05) is 41.7 Å². The highest BCUT2D eigenvalue weighted by Gasteiger charge is 2.11. The van der Waals surface area contributed by atoms with Gasteiger partial charge in [0.2, 0.25) is 0 Å². The van der Waals surface area contributed by atoms with Crippen LogP contribution >= 0.6 is 11.3 Å². The van der Waals surface area contributed by atoms with Crippen LogP contribution in [0.4, 0.5) is 0 Å². The Balaban J connectivity index is 1.53. The van der Waals surface area contributed by atoms with Crippen LogP contribution < -0.4 is 9.61 Å². The Labute approximate surface area is 136 Å². The van der Waals surface area contributed by atoms with Crippen molar-refractivity contribution in [3.05, 3.63) is 64.3 Å². The number of rotatable bonds is 6. The van der Waals surface area contributed by atoms with Crippen LogP contribution in [-0.2, 0) is 16.1 Å². The Morgan fingerprint density at radius 1 is 1.00 bits per heavy atom. The van der Waals surface area contributed by atoms with Crippen LogP contribution in [0.15, 0.2) is 59.4 Å². The van der Waals surface area contributed by atoms with E-state index in [-0.39, 0.29) is 24.6 Å². The Morgan fingerprint density at radius 2 is 1.74 bits per heavy atom. The van der Waals surface area contributed by atoms with Crippen LogP contribution in [0.25, 0.3) is 10.2 Å². The van der Waals surface area contributed by atoms with Gasteiger partial charge >= 0.3 is 10.8 Å². The molecule has 5 nitrogen and oxygen atoms in total. The fourth-order valence-electron chi connectivity index (χ4n) is 2.17. The second-order valence-corrected chi connectivity index (χ2v) is 5.80. The van der Waals surface area contributed by atoms with Crippen LogP contribution in [0.2, 0.25) is 0 Å². The molecule has 0 saturated carbocycles. The SMILES string of the molecule is O=C(Cn1c(=O)sc2ccccc21)OCCOc1ccccc1. The number of fused-ring (bicyclic) bond motifs is 1. The lowest BCUT2D eigenvalue weighted by molar-refractivity contribution is -0.145. The molecule has 0 aliphatic rings. The minimum Gasteiger partial charge on any atom is -0.490 e. The molecule has 0 fully saturated rings. The van der Waals surface area contributed by atoms with Gasteiger partial charge in [0.15, 0.2) is 0 Å². The van der Waals surface area contributed by atoms with E-state index < -0.39 is 5.97 Å². The van der Waals surface area contributed by atoms with Crippen molar-refractivity contribution in [1.82, 2.24) is 4.57 Å². The minimum atomic E-state index is -0.452. The van der Waals surface area contributed by atoms with Gasteiger partial charge in [-0.05, 0) is 24.3 Å². The number of benzene rings is 2. The summed E-state index contributed by atoms with van der Waals surface area (Å²) < 4.78 is 12.9. The first kappa shape index (κ1) is 15.3. The number of para-hydroxylation sites is 2. The number of aromatic nitrogens is 1. The highest BCUT2D eigenvalue weighted by Crippen LogP contribution is 2.16. The van der Waals surface area contributed by atoms with Crippen molar-refractivity contribution in [3.63, 3.8) is 0 Å². The number of hydrogen-bond donors (Lipinski definition) is 0. The zero-order valence-corrected chi connectivity index (χ0v) is 13.1. The van der Waals surface area contributed by atoms with E-state index in [4.69, 9.17) is 9.47 Å². The first-order chi connectivity index (χ1) is 11.2. The van der Waals surface area contributed by atoms with Crippen molar-refractivity contribution in [2.45, 2.75) is 6.54 Å². The number of hydrogen-bond acceptors (Lipinski definition) is 5. The third-order valence-electron chi connectivity index (χ3n) is 3.22. The third kappa shape index (κ3) is 3.78. The summed E-state index contributed by atoms with van der Waals surface area (Å²) in [6, 6.07) is 16.7. The van der Waals surface area contributed by atoms with Gasteiger partial charge < -0.3 is 9.47 Å². The number of ether oxygens (including phenoxy) is 2. The van der Waals surface area contributed by atoms with Crippen LogP contribution in [-0.4, -0.2) is 23.8 Å². The second-order valence-electron chi connectivity index (χ2n) is 4.80. The topological polar surface area (TPSA) is 57.5 Å². The van der Waals surface area contributed by atoms with E-state index in [2.05, 4.69) is 0 Å². The second kappa shape index (κ2) is 7.11. The number of nitrogens with zero attached hydrogens (tertiary/aromatic N) is 1. The normalized spacial score (nSPS) is 10.6. The summed E-state index contributed by atoms with van der Waals surface area (Å²) in [7, 11) is 0. The van der Waals surface area contributed by atoms with Crippen molar-refractivity contribution in [2.24, 2.45) is 0 Å². The molecule has 2 aromatic carbocycles. The molecular formula is C17H15NO4S. The van der Waals surface area contributed by atoms with Gasteiger partial charge in [0, 0.05) is 0 Å². The Bertz CT molecular complexity index is 854. The molecule has 0 spiro atoms. The standard InChI is InChI=1S/C17H15NO4S/c19-16(22-11-10-21-13-6-2-1-3-7-13)12-18-14-8-4-5-9-15(14)23-17(18)20/h1-9H,10-12H2. The maximum atomic E-state index is 11.9. The van der Waals surface area contributed by atoms with Crippen LogP contribution in [0, 0.1) is 0 Å². The lowest BCUT2D eigenvalue weighted by Crippen LogP contribution is -2.22. The van der Waals surface area contributed by atoms with E-state index in [9.17, 15) is 9.59 Å². The minimum absolute atomic E-state index is 0.0891. The van der Waals surface area contributed by atoms with E-state index >= 15 is 0 Å². The zero-order chi connectivity index (χ0) is 16.1. The summed E-state index contributed by atoms with van der Waals surface area (Å²) in [5, 5.41) is 0. The predicted octanol–water partition coefficient (Wildman–Crippen LogP) is 2.69. The number of carbonyl (C=O) groups is 1. The van der Waals surface area contributed by atoms with E-state index in [0.29, 0.717) is 0 Å². The molecular weight excluding hydrogens is 314 g/mol. The number of carbonyl (C=O) groups excluding carboxylic acids is 1. The molecule has 0 radical (unpaired) electrons. The molecule has 0 unspecified atom stereocenters. The van der Waals surface area contributed by atoms with Crippen molar-refractivity contribution in [3.8, 4) is 5.75 Å². The average Bonchev–Trinajstić information content (AvgIpc) is 2.88. The maximum Gasteiger partial charge on any atom is 0.326 e. The highest BCUT2D eigenvalue weighted by atomic mass is 32.1. The molecule has 23 heavy (non-hydrogen) atoms. The lowest BCUT2D eigenvalue weighted by atomic mass is 10.3. The van der Waals surface area contributed by atoms with Crippen molar-refractivity contribution in [2.75, 3.05) is 13.2 Å². The number of thiazole rings is 1. The summed E-state index contributed by atoms with van der Waals surface area (Å²) in [5.74, 6) is 0.274. The van der Waals surface area contributed by atoms with Gasteiger partial charge in [-0.2, -0.15) is 0 Å². The molecule has 0 atom stereocenters. The lowest BCUT2D eigenvalue weighted by Gasteiger charge is -2.08. The van der Waals surface area contributed by atoms with Gasteiger partial charge in [-0.3, -0.25) is 14.2 Å². The van der Waals surface area contributed by atoms with E-state index in [1.165, 1.54) is 4.57 Å². The molecule has 3 rings (SSSR count). The Kier molecular flexibility index (Phi) is 4.73. The molecule has 0 amide bonds. The largest absolute Gasteiger partial charge is 0.490 e. The van der Waals surface area contributed by atoms with E-state index in [1.54, 1.807) is 0 Å². The highest BCUT2D eigenvalue weighted by molar-refractivity contribution is 7.16. The molecule has 118 valence electrons. The summed E-state index contributed by atoms with van der Waals surface area (Å²) in [6.07, 6.45) is 0. The summed E-state index contributed by atoms with van der Waals surface area (Å²) in [5.41, 5.74) is 0.750. The monoisotopic (exact) mass is 329 g/mol. The van der Waals surface area contributed by atoms with Crippen molar-refractivity contribution in [1.29, 1.82) is 0 Å². The molecule has 3 aromatic rings. The molecule has 1 heterocycles. The summed E-state index contributed by atoms with van der Waals surface area (Å²) in [4.78, 5) is 23.7. The van der Waals surface area contributed by atoms with Crippen LogP contribution in [0.1, 0.15) is 0 Å². The maximum absolute atomic E-state index is 11.9. The molecule has 0 saturated heterocycles. The number of esters is 1. The van der Waals surface area contributed by atoms with Crippen LogP contribution in [0.5, 0.6) is 5.75 Å². The Hall–Kier alpha value is -2.60. The first-order valence-electron chi connectivity index (χ1n) is 7.16. The molecule has 0 bridgehead atoms. The predicted molar refractivity (Wildman–Crippen MR) is 89.0 cm³/mol. The van der Waals surface area contributed by atoms with Crippen LogP contribution in [0.3, 0.4) is 0 Å². The smallest absolute Gasteiger partial charge is 0.326 e. The van der Waals surface area contributed by atoms with Gasteiger partial charge in [0.1, 0.15) is 25.5 Å². The molecule has 1 aromatic heterocycles. The molecule has 0 aliphatic carbocycles. The molecule has 0 aliphatic heterocycles. The van der Waals surface area contributed by atoms with E-state index in [1.807, 2.05) is 54.6 Å². The summed E-state index contributed by atoms with van der Waals surface area (Å²) in [6.45, 7) is 0.327. The van der Waals surface area contributed by atoms with Gasteiger partial charge in [0.05, 0.1) is 10.2 Å². The van der Waals surface area contributed by atoms with Gasteiger partial charge in [-0.15, -0.1) is 0 Å². The fraction of sp³-hybridized carbons (Fsp3) is 0.176. The zero-order valence-electron chi connectivity index (χ0n) is 12.3. The van der Waals surface area contributed by atoms with Gasteiger partial charge in [-0.25, -0.2) is 0 Å². The van der Waals surface area contributed by atoms with Gasteiger partial charge in [0.25, 0.3) is 0 Å². The summed E-state index contributed by atoms with van der Waals surface area (Å²) >= 11 is 1.12. The molecule has 0 N–H and O–H groups in total. The third-order valence-corrected chi connectivity index (χ3v) is 4.18. The Morgan fingerprint density at radius 3 is 2.57 bits per heavy atom.